The molecule has 0 nitrogen and oxygen atoms in total. The molecule has 0 aromatic heterocycles. The molecule has 1 aliphatic carbocycles. The average molecular weight is 209 g/mol. The highest BCUT2D eigenvalue weighted by Crippen LogP contribution is 2.44. The molecule has 0 saturated heterocycles. The molecule has 0 heterocycles. The van der Waals surface area contributed by atoms with Gasteiger partial charge in [0.15, 0.2) is 0 Å². The molecule has 0 atom stereocenters. The second-order valence-corrected chi connectivity index (χ2v) is 4.92. The summed E-state index contributed by atoms with van der Waals surface area (Å²) in [6, 6.07) is 8.80. The molecule has 0 aliphatic heterocycles. The van der Waals surface area contributed by atoms with Gasteiger partial charge in [-0.1, -0.05) is 36.2 Å². The van der Waals surface area contributed by atoms with Crippen LogP contribution in [-0.2, 0) is 6.42 Å². The lowest BCUT2D eigenvalue weighted by Crippen LogP contribution is -2.33. The molecule has 1 aliphatic rings. The van der Waals surface area contributed by atoms with Crippen LogP contribution in [0.5, 0.6) is 0 Å². The first-order valence-corrected chi connectivity index (χ1v) is 5.89. The lowest BCUT2D eigenvalue weighted by atomic mass is 9.67. The van der Waals surface area contributed by atoms with Crippen molar-refractivity contribution in [3.63, 3.8) is 0 Å². The van der Waals surface area contributed by atoms with Crippen LogP contribution in [0.15, 0.2) is 24.3 Å². The van der Waals surface area contributed by atoms with Gasteiger partial charge in [-0.15, -0.1) is 11.6 Å². The van der Waals surface area contributed by atoms with Gasteiger partial charge in [0.05, 0.1) is 0 Å². The van der Waals surface area contributed by atoms with E-state index < -0.39 is 0 Å². The van der Waals surface area contributed by atoms with Crippen molar-refractivity contribution in [2.75, 3.05) is 5.88 Å². The van der Waals surface area contributed by atoms with Crippen molar-refractivity contribution in [3.05, 3.63) is 35.4 Å². The van der Waals surface area contributed by atoms with Crippen molar-refractivity contribution >= 4 is 11.6 Å². The van der Waals surface area contributed by atoms with Crippen LogP contribution in [0, 0.1) is 12.3 Å². The van der Waals surface area contributed by atoms with Crippen molar-refractivity contribution in [2.24, 2.45) is 5.41 Å². The topological polar surface area (TPSA) is 0 Å². The minimum absolute atomic E-state index is 0.426. The fraction of sp³-hybridized carbons (Fsp3) is 0.538. The number of aryl methyl sites for hydroxylation is 1. The number of hydrogen-bond donors (Lipinski definition) is 0. The molecular weight excluding hydrogens is 192 g/mol. The van der Waals surface area contributed by atoms with E-state index in [-0.39, 0.29) is 0 Å². The van der Waals surface area contributed by atoms with Gasteiger partial charge in [-0.25, -0.2) is 0 Å². The summed E-state index contributed by atoms with van der Waals surface area (Å²) in [5, 5.41) is 0. The normalized spacial score (nSPS) is 19.0. The Morgan fingerprint density at radius 2 is 2.14 bits per heavy atom. The summed E-state index contributed by atoms with van der Waals surface area (Å²) in [5.41, 5.74) is 3.23. The Morgan fingerprint density at radius 3 is 2.64 bits per heavy atom. The maximum absolute atomic E-state index is 6.05. The Labute approximate surface area is 91.3 Å². The zero-order chi connectivity index (χ0) is 10.0. The van der Waals surface area contributed by atoms with Gasteiger partial charge in [0, 0.05) is 5.88 Å². The van der Waals surface area contributed by atoms with Gasteiger partial charge in [0.1, 0.15) is 0 Å². The standard InChI is InChI=1S/C13H17Cl/c1-11-4-2-5-12(8-11)9-13(10-14)6-3-7-13/h2,4-5,8H,3,6-7,9-10H2,1H3. The summed E-state index contributed by atoms with van der Waals surface area (Å²) in [6.45, 7) is 2.15. The molecular formula is C13H17Cl. The largest absolute Gasteiger partial charge is 0.126 e. The number of benzene rings is 1. The molecule has 76 valence electrons. The maximum Gasteiger partial charge on any atom is 0.0283 e. The van der Waals surface area contributed by atoms with Crippen LogP contribution >= 0.6 is 11.6 Å². The van der Waals surface area contributed by atoms with E-state index in [9.17, 15) is 0 Å². The highest BCUT2D eigenvalue weighted by molar-refractivity contribution is 6.18. The molecule has 14 heavy (non-hydrogen) atoms. The van der Waals surface area contributed by atoms with Crippen molar-refractivity contribution in [2.45, 2.75) is 32.6 Å². The smallest absolute Gasteiger partial charge is 0.0283 e. The molecule has 0 bridgehead atoms. The number of rotatable bonds is 3. The molecule has 1 aromatic rings. The monoisotopic (exact) mass is 208 g/mol. The lowest BCUT2D eigenvalue weighted by molar-refractivity contribution is 0.166. The van der Waals surface area contributed by atoms with Crippen LogP contribution in [0.1, 0.15) is 30.4 Å². The quantitative estimate of drug-likeness (QED) is 0.660. The SMILES string of the molecule is Cc1cccc(CC2(CCl)CCC2)c1. The Kier molecular flexibility index (Phi) is 2.83. The average Bonchev–Trinajstić information content (AvgIpc) is 2.11. The van der Waals surface area contributed by atoms with E-state index in [1.54, 1.807) is 0 Å². The summed E-state index contributed by atoms with van der Waals surface area (Å²) in [6.07, 6.45) is 5.14. The summed E-state index contributed by atoms with van der Waals surface area (Å²) in [4.78, 5) is 0. The molecule has 1 saturated carbocycles. The first kappa shape index (κ1) is 10.0. The molecule has 1 aromatic carbocycles. The van der Waals surface area contributed by atoms with Gasteiger partial charge in [0.2, 0.25) is 0 Å². The van der Waals surface area contributed by atoms with Gasteiger partial charge in [0.25, 0.3) is 0 Å². The van der Waals surface area contributed by atoms with Crippen LogP contribution in [0.2, 0.25) is 0 Å². The third-order valence-corrected chi connectivity index (χ3v) is 3.93. The van der Waals surface area contributed by atoms with E-state index in [0.717, 1.165) is 12.3 Å². The van der Waals surface area contributed by atoms with Gasteiger partial charge < -0.3 is 0 Å². The van der Waals surface area contributed by atoms with Crippen molar-refractivity contribution in [1.82, 2.24) is 0 Å². The molecule has 0 spiro atoms. The summed E-state index contributed by atoms with van der Waals surface area (Å²) >= 11 is 6.05. The molecule has 0 radical (unpaired) electrons. The minimum atomic E-state index is 0.426. The first-order valence-electron chi connectivity index (χ1n) is 5.36. The van der Waals surface area contributed by atoms with E-state index in [1.807, 2.05) is 0 Å². The molecule has 2 rings (SSSR count). The Bertz CT molecular complexity index is 307. The van der Waals surface area contributed by atoms with Gasteiger partial charge >= 0.3 is 0 Å². The molecule has 0 amide bonds. The second-order valence-electron chi connectivity index (χ2n) is 4.65. The van der Waals surface area contributed by atoms with Crippen LogP contribution < -0.4 is 0 Å². The molecule has 1 heteroatoms. The van der Waals surface area contributed by atoms with E-state index >= 15 is 0 Å². The summed E-state index contributed by atoms with van der Waals surface area (Å²) in [7, 11) is 0. The van der Waals surface area contributed by atoms with Crippen molar-refractivity contribution < 1.29 is 0 Å². The predicted molar refractivity (Wildman–Crippen MR) is 61.9 cm³/mol. The molecule has 0 N–H and O–H groups in total. The van der Waals surface area contributed by atoms with Gasteiger partial charge in [-0.05, 0) is 37.2 Å². The van der Waals surface area contributed by atoms with Crippen LogP contribution in [0.25, 0.3) is 0 Å². The number of hydrogen-bond acceptors (Lipinski definition) is 0. The predicted octanol–water partition coefficient (Wildman–Crippen LogP) is 3.95. The third-order valence-electron chi connectivity index (χ3n) is 3.36. The van der Waals surface area contributed by atoms with Crippen LogP contribution in [0.4, 0.5) is 0 Å². The fourth-order valence-electron chi connectivity index (χ4n) is 2.29. The van der Waals surface area contributed by atoms with Crippen molar-refractivity contribution in [1.29, 1.82) is 0 Å². The molecule has 0 unspecified atom stereocenters. The van der Waals surface area contributed by atoms with E-state index in [0.29, 0.717) is 5.41 Å². The third kappa shape index (κ3) is 1.95. The van der Waals surface area contributed by atoms with Gasteiger partial charge in [-0.2, -0.15) is 0 Å². The highest BCUT2D eigenvalue weighted by atomic mass is 35.5. The molecule has 1 fully saturated rings. The highest BCUT2D eigenvalue weighted by Gasteiger charge is 2.35. The Hall–Kier alpha value is -0.490. The van der Waals surface area contributed by atoms with E-state index in [2.05, 4.69) is 31.2 Å². The number of alkyl halides is 1. The Morgan fingerprint density at radius 1 is 1.36 bits per heavy atom. The zero-order valence-corrected chi connectivity index (χ0v) is 9.48. The second kappa shape index (κ2) is 3.94. The minimum Gasteiger partial charge on any atom is -0.126 e. The van der Waals surface area contributed by atoms with Crippen molar-refractivity contribution in [3.8, 4) is 0 Å². The maximum atomic E-state index is 6.05. The van der Waals surface area contributed by atoms with Crippen LogP contribution in [0.3, 0.4) is 0 Å². The summed E-state index contributed by atoms with van der Waals surface area (Å²) in [5.74, 6) is 0.820. The number of halogens is 1. The Balaban J connectivity index is 2.09. The van der Waals surface area contributed by atoms with Gasteiger partial charge in [-0.3, -0.25) is 0 Å². The fourth-order valence-corrected chi connectivity index (χ4v) is 2.65. The van der Waals surface area contributed by atoms with E-state index in [1.165, 1.54) is 30.4 Å². The van der Waals surface area contributed by atoms with E-state index in [4.69, 9.17) is 11.6 Å². The summed E-state index contributed by atoms with van der Waals surface area (Å²) < 4.78 is 0. The zero-order valence-electron chi connectivity index (χ0n) is 8.72. The lowest BCUT2D eigenvalue weighted by Gasteiger charge is -2.40. The van der Waals surface area contributed by atoms with Crippen LogP contribution in [-0.4, -0.2) is 5.88 Å². The first-order chi connectivity index (χ1) is 6.74.